The van der Waals surface area contributed by atoms with E-state index in [1.54, 1.807) is 44.6 Å². The van der Waals surface area contributed by atoms with Crippen molar-refractivity contribution in [3.8, 4) is 17.6 Å². The Morgan fingerprint density at radius 2 is 2.03 bits per heavy atom. The summed E-state index contributed by atoms with van der Waals surface area (Å²) < 4.78 is 10.9. The highest BCUT2D eigenvalue weighted by Gasteiger charge is 2.36. The van der Waals surface area contributed by atoms with E-state index >= 15 is 0 Å². The van der Waals surface area contributed by atoms with Gasteiger partial charge >= 0.3 is 0 Å². The van der Waals surface area contributed by atoms with Gasteiger partial charge in [-0.25, -0.2) is 0 Å². The molecule has 2 aromatic rings. The number of methoxy groups -OCH3 is 2. The summed E-state index contributed by atoms with van der Waals surface area (Å²) in [5.41, 5.74) is 3.69. The fourth-order valence-electron chi connectivity index (χ4n) is 4.67. The average Bonchev–Trinajstić information content (AvgIpc) is 2.79. The highest BCUT2D eigenvalue weighted by atomic mass is 16.5. The number of nitriles is 1. The van der Waals surface area contributed by atoms with Crippen molar-refractivity contribution in [1.29, 1.82) is 5.26 Å². The van der Waals surface area contributed by atoms with Crippen molar-refractivity contribution in [1.82, 2.24) is 0 Å². The minimum absolute atomic E-state index is 0.00489. The Kier molecular flexibility index (Phi) is 7.33. The molecule has 1 atom stereocenters. The van der Waals surface area contributed by atoms with Gasteiger partial charge in [-0.05, 0) is 62.4 Å². The maximum Gasteiger partial charge on any atom is 0.266 e. The van der Waals surface area contributed by atoms with Gasteiger partial charge in [-0.3, -0.25) is 4.79 Å². The maximum atomic E-state index is 12.8. The average molecular weight is 448 g/mol. The maximum absolute atomic E-state index is 12.8. The summed E-state index contributed by atoms with van der Waals surface area (Å²) in [6.45, 7) is 9.92. The number of ether oxygens (including phenoxy) is 2. The number of hydrogen-bond acceptors (Lipinski definition) is 5. The van der Waals surface area contributed by atoms with Gasteiger partial charge < -0.3 is 19.7 Å². The first kappa shape index (κ1) is 24.2. The molecule has 33 heavy (non-hydrogen) atoms. The normalized spacial score (nSPS) is 17.1. The molecule has 0 fully saturated rings. The summed E-state index contributed by atoms with van der Waals surface area (Å²) in [6.07, 6.45) is 3.67. The third kappa shape index (κ3) is 5.14. The van der Waals surface area contributed by atoms with Crippen molar-refractivity contribution in [2.45, 2.75) is 52.0 Å². The van der Waals surface area contributed by atoms with Gasteiger partial charge in [0.25, 0.3) is 5.91 Å². The molecule has 0 bridgehead atoms. The van der Waals surface area contributed by atoms with Crippen molar-refractivity contribution >= 4 is 23.4 Å². The molecule has 1 aliphatic heterocycles. The third-order valence-corrected chi connectivity index (χ3v) is 6.18. The van der Waals surface area contributed by atoms with Crippen molar-refractivity contribution < 1.29 is 14.3 Å². The lowest BCUT2D eigenvalue weighted by Crippen LogP contribution is -2.48. The van der Waals surface area contributed by atoms with Crippen molar-refractivity contribution in [2.75, 3.05) is 31.0 Å². The molecule has 1 amide bonds. The number of fused-ring (bicyclic) bond motifs is 1. The molecule has 6 nitrogen and oxygen atoms in total. The van der Waals surface area contributed by atoms with Gasteiger partial charge in [0.15, 0.2) is 0 Å². The number of amides is 1. The Balaban J connectivity index is 2.00. The summed E-state index contributed by atoms with van der Waals surface area (Å²) in [7, 11) is 3.18. The number of hydrogen-bond donors (Lipinski definition) is 1. The SMILES string of the molecule is CCCN1c2cc(OC)c(/C=C(\C#N)C(=O)Nc3cccc(OC)c3)cc2C(C)CC1(C)C. The van der Waals surface area contributed by atoms with Crippen LogP contribution in [0.5, 0.6) is 11.5 Å². The Morgan fingerprint density at radius 3 is 2.67 bits per heavy atom. The first-order chi connectivity index (χ1) is 15.7. The highest BCUT2D eigenvalue weighted by molar-refractivity contribution is 6.10. The van der Waals surface area contributed by atoms with Gasteiger partial charge in [-0.1, -0.05) is 19.9 Å². The van der Waals surface area contributed by atoms with Crippen LogP contribution in [0.4, 0.5) is 11.4 Å². The first-order valence-electron chi connectivity index (χ1n) is 11.3. The van der Waals surface area contributed by atoms with Gasteiger partial charge in [0, 0.05) is 41.2 Å². The van der Waals surface area contributed by atoms with Crippen LogP contribution in [0.15, 0.2) is 42.0 Å². The van der Waals surface area contributed by atoms with Crippen LogP contribution in [-0.4, -0.2) is 32.2 Å². The van der Waals surface area contributed by atoms with Gasteiger partial charge in [0.1, 0.15) is 23.1 Å². The first-order valence-corrected chi connectivity index (χ1v) is 11.3. The second kappa shape index (κ2) is 9.99. The lowest BCUT2D eigenvalue weighted by Gasteiger charge is -2.47. The van der Waals surface area contributed by atoms with Crippen LogP contribution >= 0.6 is 0 Å². The van der Waals surface area contributed by atoms with Crippen LogP contribution in [-0.2, 0) is 4.79 Å². The predicted molar refractivity (Wildman–Crippen MR) is 133 cm³/mol. The van der Waals surface area contributed by atoms with Crippen LogP contribution in [0.3, 0.4) is 0 Å². The molecule has 1 aliphatic rings. The zero-order valence-electron chi connectivity index (χ0n) is 20.4. The topological polar surface area (TPSA) is 74.6 Å². The lowest BCUT2D eigenvalue weighted by atomic mass is 9.79. The Hall–Kier alpha value is -3.46. The van der Waals surface area contributed by atoms with Crippen LogP contribution in [0.2, 0.25) is 0 Å². The van der Waals surface area contributed by atoms with E-state index < -0.39 is 5.91 Å². The number of nitrogens with one attached hydrogen (secondary N) is 1. The minimum Gasteiger partial charge on any atom is -0.497 e. The van der Waals surface area contributed by atoms with Crippen molar-refractivity contribution in [3.05, 3.63) is 53.1 Å². The molecule has 1 unspecified atom stereocenters. The van der Waals surface area contributed by atoms with E-state index in [2.05, 4.69) is 44.0 Å². The lowest BCUT2D eigenvalue weighted by molar-refractivity contribution is -0.112. The molecule has 174 valence electrons. The fraction of sp³-hybridized carbons (Fsp3) is 0.407. The predicted octanol–water partition coefficient (Wildman–Crippen LogP) is 5.75. The van der Waals surface area contributed by atoms with E-state index in [1.807, 2.05) is 12.1 Å². The van der Waals surface area contributed by atoms with E-state index in [0.717, 1.165) is 30.6 Å². The minimum atomic E-state index is -0.479. The van der Waals surface area contributed by atoms with Crippen molar-refractivity contribution in [3.63, 3.8) is 0 Å². The van der Waals surface area contributed by atoms with Gasteiger partial charge in [0.2, 0.25) is 0 Å². The molecule has 6 heteroatoms. The van der Waals surface area contributed by atoms with Gasteiger partial charge in [0.05, 0.1) is 14.2 Å². The molecule has 0 saturated carbocycles. The monoisotopic (exact) mass is 447 g/mol. The molecule has 1 N–H and O–H groups in total. The zero-order valence-corrected chi connectivity index (χ0v) is 20.4. The Bertz CT molecular complexity index is 1100. The number of nitrogens with zero attached hydrogens (tertiary/aromatic N) is 2. The fourth-order valence-corrected chi connectivity index (χ4v) is 4.67. The van der Waals surface area contributed by atoms with E-state index in [4.69, 9.17) is 9.47 Å². The quantitative estimate of drug-likeness (QED) is 0.432. The second-order valence-electron chi connectivity index (χ2n) is 9.08. The summed E-state index contributed by atoms with van der Waals surface area (Å²) in [4.78, 5) is 15.3. The van der Waals surface area contributed by atoms with E-state index in [-0.39, 0.29) is 11.1 Å². The van der Waals surface area contributed by atoms with Crippen molar-refractivity contribution in [2.24, 2.45) is 0 Å². The van der Waals surface area contributed by atoms with E-state index in [1.165, 1.54) is 5.56 Å². The number of benzene rings is 2. The molecular formula is C27H33N3O3. The van der Waals surface area contributed by atoms with E-state index in [9.17, 15) is 10.1 Å². The number of carbonyl (C=O) groups is 1. The number of anilines is 2. The van der Waals surface area contributed by atoms with Gasteiger partial charge in [-0.15, -0.1) is 0 Å². The molecule has 0 saturated heterocycles. The summed E-state index contributed by atoms with van der Waals surface area (Å²) in [5.74, 6) is 1.13. The second-order valence-corrected chi connectivity index (χ2v) is 9.08. The molecular weight excluding hydrogens is 414 g/mol. The van der Waals surface area contributed by atoms with Crippen LogP contribution in [0, 0.1) is 11.3 Å². The van der Waals surface area contributed by atoms with Crippen LogP contribution in [0.25, 0.3) is 6.08 Å². The Labute approximate surface area is 196 Å². The molecule has 0 aliphatic carbocycles. The number of rotatable bonds is 7. The smallest absolute Gasteiger partial charge is 0.266 e. The highest BCUT2D eigenvalue weighted by Crippen LogP contribution is 2.46. The van der Waals surface area contributed by atoms with Gasteiger partial charge in [-0.2, -0.15) is 5.26 Å². The zero-order chi connectivity index (χ0) is 24.2. The molecule has 1 heterocycles. The third-order valence-electron chi connectivity index (χ3n) is 6.18. The summed E-state index contributed by atoms with van der Waals surface area (Å²) in [6, 6.07) is 13.2. The van der Waals surface area contributed by atoms with Crippen LogP contribution < -0.4 is 19.7 Å². The summed E-state index contributed by atoms with van der Waals surface area (Å²) >= 11 is 0. The molecule has 0 radical (unpaired) electrons. The standard InChI is InChI=1S/C27H33N3O3/c1-7-11-30-24-15-25(33-6)19(13-23(24)18(2)16-27(30,3)4)12-20(17-28)26(31)29-21-9-8-10-22(14-21)32-5/h8-10,12-15,18H,7,11,16H2,1-6H3,(H,29,31)/b20-12+. The molecule has 3 rings (SSSR count). The Morgan fingerprint density at radius 1 is 1.27 bits per heavy atom. The van der Waals surface area contributed by atoms with Crippen LogP contribution in [0.1, 0.15) is 57.6 Å². The number of carbonyl (C=O) groups excluding carboxylic acids is 1. The molecule has 2 aromatic carbocycles. The summed E-state index contributed by atoms with van der Waals surface area (Å²) in [5, 5.41) is 12.5. The largest absolute Gasteiger partial charge is 0.497 e. The van der Waals surface area contributed by atoms with E-state index in [0.29, 0.717) is 23.1 Å². The molecule has 0 aromatic heterocycles. The molecule has 0 spiro atoms.